The summed E-state index contributed by atoms with van der Waals surface area (Å²) in [5.74, 6) is 0.252. The Bertz CT molecular complexity index is 759. The van der Waals surface area contributed by atoms with Gasteiger partial charge in [0.05, 0.1) is 12.7 Å². The van der Waals surface area contributed by atoms with Crippen molar-refractivity contribution in [1.29, 1.82) is 0 Å². The van der Waals surface area contributed by atoms with E-state index in [0.717, 1.165) is 6.42 Å². The van der Waals surface area contributed by atoms with Gasteiger partial charge in [0.2, 0.25) is 0 Å². The molecule has 2 rings (SSSR count). The number of benzene rings is 2. The first-order valence-electron chi connectivity index (χ1n) is 8.98. The summed E-state index contributed by atoms with van der Waals surface area (Å²) >= 11 is 0. The Morgan fingerprint density at radius 2 is 1.78 bits per heavy atom. The molecule has 0 spiro atoms. The molecule has 0 aromatic heterocycles. The predicted molar refractivity (Wildman–Crippen MR) is 105 cm³/mol. The van der Waals surface area contributed by atoms with Crippen LogP contribution in [0.25, 0.3) is 0 Å². The number of anilines is 1. The molecule has 144 valence electrons. The predicted octanol–water partition coefficient (Wildman–Crippen LogP) is 3.49. The zero-order chi connectivity index (χ0) is 19.6. The van der Waals surface area contributed by atoms with E-state index in [-0.39, 0.29) is 17.9 Å². The minimum atomic E-state index is -0.234. The number of rotatable bonds is 9. The second kappa shape index (κ2) is 10.3. The van der Waals surface area contributed by atoms with Crippen LogP contribution in [0.5, 0.6) is 5.75 Å². The molecule has 0 heterocycles. The average Bonchev–Trinajstić information content (AvgIpc) is 2.68. The van der Waals surface area contributed by atoms with Crippen LogP contribution in [0, 0.1) is 0 Å². The lowest BCUT2D eigenvalue weighted by molar-refractivity contribution is 0.0936. The smallest absolute Gasteiger partial charge is 0.255 e. The number of nitrogens with one attached hydrogen (secondary N) is 2. The summed E-state index contributed by atoms with van der Waals surface area (Å²) in [7, 11) is 1.58. The standard InChI is InChI=1S/C21H26N2O4/c1-4-15(2)27-19-7-5-6-17(14-19)21(25)23-18-10-8-16(9-11-18)20(24)22-12-13-26-3/h5-11,14-15H,4,12-13H2,1-3H3,(H,22,24)(H,23,25). The first kappa shape index (κ1) is 20.5. The maximum Gasteiger partial charge on any atom is 0.255 e. The van der Waals surface area contributed by atoms with Gasteiger partial charge in [0, 0.05) is 30.5 Å². The summed E-state index contributed by atoms with van der Waals surface area (Å²) in [5, 5.41) is 5.57. The summed E-state index contributed by atoms with van der Waals surface area (Å²) in [5.41, 5.74) is 1.65. The summed E-state index contributed by atoms with van der Waals surface area (Å²) in [4.78, 5) is 24.4. The lowest BCUT2D eigenvalue weighted by Gasteiger charge is -2.13. The molecule has 27 heavy (non-hydrogen) atoms. The normalized spacial score (nSPS) is 11.5. The number of hydrogen-bond donors (Lipinski definition) is 2. The molecule has 2 aromatic carbocycles. The van der Waals surface area contributed by atoms with Crippen LogP contribution in [-0.2, 0) is 4.74 Å². The van der Waals surface area contributed by atoms with Gasteiger partial charge in [-0.25, -0.2) is 0 Å². The van der Waals surface area contributed by atoms with Crippen molar-refractivity contribution < 1.29 is 19.1 Å². The van der Waals surface area contributed by atoms with Crippen molar-refractivity contribution in [3.8, 4) is 5.75 Å². The number of carbonyl (C=O) groups is 2. The molecule has 6 heteroatoms. The SMILES string of the molecule is CCC(C)Oc1cccc(C(=O)Nc2ccc(C(=O)NCCOC)cc2)c1. The maximum atomic E-state index is 12.5. The van der Waals surface area contributed by atoms with Gasteiger partial charge in [-0.05, 0) is 55.8 Å². The van der Waals surface area contributed by atoms with Crippen LogP contribution in [0.1, 0.15) is 41.0 Å². The lowest BCUT2D eigenvalue weighted by Crippen LogP contribution is -2.26. The highest BCUT2D eigenvalue weighted by molar-refractivity contribution is 6.04. The second-order valence-electron chi connectivity index (χ2n) is 6.14. The Kier molecular flexibility index (Phi) is 7.82. The first-order valence-corrected chi connectivity index (χ1v) is 8.98. The van der Waals surface area contributed by atoms with Gasteiger partial charge < -0.3 is 20.1 Å². The summed E-state index contributed by atoms with van der Waals surface area (Å²) < 4.78 is 10.7. The average molecular weight is 370 g/mol. The Labute approximate surface area is 159 Å². The Morgan fingerprint density at radius 3 is 2.44 bits per heavy atom. The van der Waals surface area contributed by atoms with Crippen LogP contribution in [0.15, 0.2) is 48.5 Å². The van der Waals surface area contributed by atoms with Gasteiger partial charge in [0.1, 0.15) is 5.75 Å². The fraction of sp³-hybridized carbons (Fsp3) is 0.333. The van der Waals surface area contributed by atoms with Gasteiger partial charge in [0.25, 0.3) is 11.8 Å². The minimum absolute atomic E-state index is 0.0888. The molecule has 0 aliphatic carbocycles. The molecule has 0 aliphatic rings. The zero-order valence-electron chi connectivity index (χ0n) is 16.0. The van der Waals surface area contributed by atoms with E-state index in [0.29, 0.717) is 35.7 Å². The molecular formula is C21H26N2O4. The number of hydrogen-bond acceptors (Lipinski definition) is 4. The van der Waals surface area contributed by atoms with Crippen molar-refractivity contribution in [2.45, 2.75) is 26.4 Å². The van der Waals surface area contributed by atoms with E-state index in [1.165, 1.54) is 0 Å². The molecule has 0 saturated carbocycles. The fourth-order valence-electron chi connectivity index (χ4n) is 2.30. The van der Waals surface area contributed by atoms with Gasteiger partial charge in [-0.3, -0.25) is 9.59 Å². The summed E-state index contributed by atoms with van der Waals surface area (Å²) in [6.07, 6.45) is 0.979. The van der Waals surface area contributed by atoms with Gasteiger partial charge >= 0.3 is 0 Å². The molecule has 0 bridgehead atoms. The molecular weight excluding hydrogens is 344 g/mol. The largest absolute Gasteiger partial charge is 0.491 e. The third-order valence-electron chi connectivity index (χ3n) is 4.01. The van der Waals surface area contributed by atoms with E-state index < -0.39 is 0 Å². The van der Waals surface area contributed by atoms with Crippen molar-refractivity contribution in [2.75, 3.05) is 25.6 Å². The lowest BCUT2D eigenvalue weighted by atomic mass is 10.1. The highest BCUT2D eigenvalue weighted by atomic mass is 16.5. The molecule has 6 nitrogen and oxygen atoms in total. The van der Waals surface area contributed by atoms with Crippen LogP contribution in [0.2, 0.25) is 0 Å². The topological polar surface area (TPSA) is 76.7 Å². The van der Waals surface area contributed by atoms with E-state index in [2.05, 4.69) is 10.6 Å². The highest BCUT2D eigenvalue weighted by Crippen LogP contribution is 2.17. The van der Waals surface area contributed by atoms with Gasteiger partial charge in [-0.1, -0.05) is 13.0 Å². The van der Waals surface area contributed by atoms with Crippen LogP contribution < -0.4 is 15.4 Å². The molecule has 1 unspecified atom stereocenters. The molecule has 0 saturated heterocycles. The first-order chi connectivity index (χ1) is 13.0. The minimum Gasteiger partial charge on any atom is -0.491 e. The molecule has 0 aliphatic heterocycles. The summed E-state index contributed by atoms with van der Waals surface area (Å²) in [6.45, 7) is 4.94. The molecule has 0 fully saturated rings. The Morgan fingerprint density at radius 1 is 1.04 bits per heavy atom. The Hall–Kier alpha value is -2.86. The molecule has 1 atom stereocenters. The number of ether oxygens (including phenoxy) is 2. The van der Waals surface area contributed by atoms with E-state index in [4.69, 9.17) is 9.47 Å². The highest BCUT2D eigenvalue weighted by Gasteiger charge is 2.10. The molecule has 2 amide bonds. The third kappa shape index (κ3) is 6.42. The van der Waals surface area contributed by atoms with Gasteiger partial charge in [0.15, 0.2) is 0 Å². The second-order valence-corrected chi connectivity index (χ2v) is 6.14. The van der Waals surface area contributed by atoms with Crippen LogP contribution >= 0.6 is 0 Å². The van der Waals surface area contributed by atoms with Crippen molar-refractivity contribution >= 4 is 17.5 Å². The van der Waals surface area contributed by atoms with Gasteiger partial charge in [-0.15, -0.1) is 0 Å². The third-order valence-corrected chi connectivity index (χ3v) is 4.01. The van der Waals surface area contributed by atoms with E-state index in [1.54, 1.807) is 49.6 Å². The van der Waals surface area contributed by atoms with E-state index >= 15 is 0 Å². The molecule has 0 radical (unpaired) electrons. The van der Waals surface area contributed by atoms with Crippen LogP contribution in [0.4, 0.5) is 5.69 Å². The van der Waals surface area contributed by atoms with Crippen molar-refractivity contribution in [2.24, 2.45) is 0 Å². The maximum absolute atomic E-state index is 12.5. The van der Waals surface area contributed by atoms with Crippen LogP contribution in [-0.4, -0.2) is 38.2 Å². The quantitative estimate of drug-likeness (QED) is 0.663. The van der Waals surface area contributed by atoms with Crippen LogP contribution in [0.3, 0.4) is 0 Å². The zero-order valence-corrected chi connectivity index (χ0v) is 16.0. The molecule has 2 N–H and O–H groups in total. The van der Waals surface area contributed by atoms with E-state index in [9.17, 15) is 9.59 Å². The Balaban J connectivity index is 1.97. The summed E-state index contributed by atoms with van der Waals surface area (Å²) in [6, 6.07) is 13.8. The molecule has 2 aromatic rings. The monoisotopic (exact) mass is 370 g/mol. The van der Waals surface area contributed by atoms with Gasteiger partial charge in [-0.2, -0.15) is 0 Å². The van der Waals surface area contributed by atoms with E-state index in [1.807, 2.05) is 19.9 Å². The fourth-order valence-corrected chi connectivity index (χ4v) is 2.30. The number of carbonyl (C=O) groups excluding carboxylic acids is 2. The number of amides is 2. The van der Waals surface area contributed by atoms with Crippen molar-refractivity contribution in [1.82, 2.24) is 5.32 Å². The van der Waals surface area contributed by atoms with Crippen molar-refractivity contribution in [3.63, 3.8) is 0 Å². The van der Waals surface area contributed by atoms with Crippen molar-refractivity contribution in [3.05, 3.63) is 59.7 Å². The number of methoxy groups -OCH3 is 1.